The van der Waals surface area contributed by atoms with Gasteiger partial charge in [-0.2, -0.15) is 0 Å². The molecule has 39 heavy (non-hydrogen) atoms. The number of nitrogens with one attached hydrogen (secondary N) is 1. The van der Waals surface area contributed by atoms with Crippen LogP contribution in [0, 0.1) is 11.3 Å². The molecule has 0 radical (unpaired) electrons. The molecule has 6 heteroatoms. The van der Waals surface area contributed by atoms with Crippen LogP contribution in [-0.4, -0.2) is 44.6 Å². The maximum atomic E-state index is 13.1. The molecular formula is C33H37N3O3. The number of rotatable bonds is 2. The maximum Gasteiger partial charge on any atom is 0.325 e. The van der Waals surface area contributed by atoms with Gasteiger partial charge in [-0.3, -0.25) is 14.7 Å². The number of fused-ring (bicyclic) bond motifs is 2. The van der Waals surface area contributed by atoms with Crippen LogP contribution in [0.4, 0.5) is 4.79 Å². The number of aromatic nitrogens is 1. The number of pyridine rings is 1. The first-order chi connectivity index (χ1) is 18.7. The van der Waals surface area contributed by atoms with E-state index in [-0.39, 0.29) is 34.6 Å². The molecule has 2 bridgehead atoms. The molecule has 1 aromatic heterocycles. The minimum absolute atomic E-state index is 0.111. The summed E-state index contributed by atoms with van der Waals surface area (Å²) < 4.78 is 7.41. The van der Waals surface area contributed by atoms with Gasteiger partial charge in [0.15, 0.2) is 0 Å². The molecular weight excluding hydrogens is 486 g/mol. The Hall–Kier alpha value is -2.99. The summed E-state index contributed by atoms with van der Waals surface area (Å²) >= 11 is 0. The zero-order chi connectivity index (χ0) is 26.8. The van der Waals surface area contributed by atoms with E-state index in [0.29, 0.717) is 18.3 Å². The number of hydrogen-bond acceptors (Lipinski definition) is 4. The SMILES string of the molecule is CC1(C)NC(=O)N(C2CCC3=CC4=CCC5(C)C(c6ccc7ccncc7c6)CC[C@H]5[C@@]45CC[C@]3(C2)O5)C1=O. The lowest BCUT2D eigenvalue weighted by atomic mass is 9.58. The summed E-state index contributed by atoms with van der Waals surface area (Å²) in [5.41, 5.74) is 2.86. The minimum atomic E-state index is -0.839. The van der Waals surface area contributed by atoms with Gasteiger partial charge in [0.1, 0.15) is 5.54 Å². The summed E-state index contributed by atoms with van der Waals surface area (Å²) in [6.07, 6.45) is 16.6. The Bertz CT molecular complexity index is 1510. The number of hydrogen-bond donors (Lipinski definition) is 1. The highest BCUT2D eigenvalue weighted by Gasteiger charge is 2.67. The molecule has 4 fully saturated rings. The summed E-state index contributed by atoms with van der Waals surface area (Å²) in [5, 5.41) is 5.34. The van der Waals surface area contributed by atoms with Crippen LogP contribution in [-0.2, 0) is 9.53 Å². The largest absolute Gasteiger partial charge is 0.359 e. The van der Waals surface area contributed by atoms with Gasteiger partial charge in [-0.1, -0.05) is 31.2 Å². The van der Waals surface area contributed by atoms with Crippen LogP contribution in [0.1, 0.15) is 83.6 Å². The van der Waals surface area contributed by atoms with Gasteiger partial charge >= 0.3 is 6.03 Å². The van der Waals surface area contributed by atoms with Crippen molar-refractivity contribution in [3.63, 3.8) is 0 Å². The van der Waals surface area contributed by atoms with E-state index in [2.05, 4.69) is 53.6 Å². The third kappa shape index (κ3) is 3.04. The number of allylic oxidation sites excluding steroid dienone is 1. The molecule has 2 saturated heterocycles. The van der Waals surface area contributed by atoms with Gasteiger partial charge in [0, 0.05) is 30.2 Å². The van der Waals surface area contributed by atoms with Crippen molar-refractivity contribution in [1.29, 1.82) is 0 Å². The van der Waals surface area contributed by atoms with E-state index >= 15 is 0 Å². The number of urea groups is 1. The van der Waals surface area contributed by atoms with Gasteiger partial charge in [0.05, 0.1) is 11.2 Å². The highest BCUT2D eigenvalue weighted by molar-refractivity contribution is 6.06. The fraction of sp³-hybridized carbons (Fsp3) is 0.545. The molecule has 3 aliphatic carbocycles. The molecule has 2 saturated carbocycles. The van der Waals surface area contributed by atoms with Crippen LogP contribution in [0.2, 0.25) is 0 Å². The number of amides is 3. The summed E-state index contributed by atoms with van der Waals surface area (Å²) in [5.74, 6) is 0.824. The van der Waals surface area contributed by atoms with Crippen molar-refractivity contribution in [3.05, 3.63) is 65.5 Å². The highest BCUT2D eigenvalue weighted by Crippen LogP contribution is 2.69. The van der Waals surface area contributed by atoms with Gasteiger partial charge in [0.2, 0.25) is 0 Å². The van der Waals surface area contributed by atoms with Crippen LogP contribution in [0.15, 0.2) is 60.0 Å². The second-order valence-electron chi connectivity index (χ2n) is 13.8. The van der Waals surface area contributed by atoms with E-state index < -0.39 is 5.54 Å². The Morgan fingerprint density at radius 1 is 1.05 bits per heavy atom. The van der Waals surface area contributed by atoms with Crippen LogP contribution in [0.3, 0.4) is 0 Å². The topological polar surface area (TPSA) is 71.5 Å². The van der Waals surface area contributed by atoms with E-state index in [9.17, 15) is 9.59 Å². The predicted molar refractivity (Wildman–Crippen MR) is 149 cm³/mol. The molecule has 6 aliphatic rings. The van der Waals surface area contributed by atoms with Crippen molar-refractivity contribution in [3.8, 4) is 0 Å². The molecule has 3 amide bonds. The second kappa shape index (κ2) is 7.60. The van der Waals surface area contributed by atoms with E-state index in [1.54, 1.807) is 13.8 Å². The minimum Gasteiger partial charge on any atom is -0.359 e. The number of benzene rings is 1. The Balaban J connectivity index is 1.13. The zero-order valence-electron chi connectivity index (χ0n) is 23.1. The molecule has 3 unspecified atom stereocenters. The third-order valence-corrected chi connectivity index (χ3v) is 11.5. The molecule has 1 aromatic carbocycles. The monoisotopic (exact) mass is 523 g/mol. The summed E-state index contributed by atoms with van der Waals surface area (Å²) in [7, 11) is 0. The average molecular weight is 524 g/mol. The molecule has 1 N–H and O–H groups in total. The number of nitrogens with zero attached hydrogens (tertiary/aromatic N) is 2. The molecule has 4 heterocycles. The number of carbonyl (C=O) groups excluding carboxylic acids is 2. The molecule has 6 atom stereocenters. The molecule has 2 aromatic rings. The summed E-state index contributed by atoms with van der Waals surface area (Å²) in [4.78, 5) is 31.9. The molecule has 2 spiro atoms. The van der Waals surface area contributed by atoms with Crippen molar-refractivity contribution in [1.82, 2.24) is 15.2 Å². The van der Waals surface area contributed by atoms with Crippen molar-refractivity contribution in [2.45, 2.75) is 101 Å². The molecule has 8 rings (SSSR count). The van der Waals surface area contributed by atoms with Gasteiger partial charge in [-0.25, -0.2) is 4.79 Å². The van der Waals surface area contributed by atoms with Crippen molar-refractivity contribution in [2.24, 2.45) is 11.3 Å². The quantitative estimate of drug-likeness (QED) is 0.478. The highest BCUT2D eigenvalue weighted by atomic mass is 16.5. The maximum absolute atomic E-state index is 13.1. The number of ether oxygens (including phenoxy) is 1. The van der Waals surface area contributed by atoms with E-state index in [4.69, 9.17) is 4.74 Å². The van der Waals surface area contributed by atoms with E-state index in [1.807, 2.05) is 12.4 Å². The predicted octanol–water partition coefficient (Wildman–Crippen LogP) is 6.18. The lowest BCUT2D eigenvalue weighted by Gasteiger charge is -2.54. The lowest BCUT2D eigenvalue weighted by Crippen LogP contribution is -2.56. The summed E-state index contributed by atoms with van der Waals surface area (Å²) in [6, 6.07) is 8.66. The van der Waals surface area contributed by atoms with Crippen molar-refractivity contribution >= 4 is 22.7 Å². The number of carbonyl (C=O) groups is 2. The average Bonchev–Trinajstić information content (AvgIpc) is 3.49. The fourth-order valence-electron chi connectivity index (χ4n) is 9.58. The third-order valence-electron chi connectivity index (χ3n) is 11.5. The van der Waals surface area contributed by atoms with Gasteiger partial charge < -0.3 is 10.1 Å². The van der Waals surface area contributed by atoms with Crippen molar-refractivity contribution in [2.75, 3.05) is 0 Å². The lowest BCUT2D eigenvalue weighted by molar-refractivity contribution is -0.145. The first-order valence-electron chi connectivity index (χ1n) is 14.8. The van der Waals surface area contributed by atoms with Gasteiger partial charge in [0.25, 0.3) is 5.91 Å². The smallest absolute Gasteiger partial charge is 0.325 e. The van der Waals surface area contributed by atoms with Gasteiger partial charge in [-0.15, -0.1) is 0 Å². The standard InChI is InChI=1S/C33H37N3O3/c1-30(2)28(37)36(29(38)35-30)25-7-6-23-17-24-10-12-31(3)26(21-5-4-20-11-15-34-19-22(20)16-21)8-9-27(31)33(24)14-13-32(23,18-25)39-33/h4-5,10-11,15-17,19,25-27H,6-9,12-14,18H2,1-3H3,(H,35,38)/t25?,26?,27-,31?,32-,33-/m1/s1. The Labute approximate surface area is 229 Å². The Morgan fingerprint density at radius 2 is 1.92 bits per heavy atom. The molecule has 3 aliphatic heterocycles. The normalized spacial score (nSPS) is 40.1. The van der Waals surface area contributed by atoms with Gasteiger partial charge in [-0.05, 0) is 110 Å². The molecule has 6 nitrogen and oxygen atoms in total. The molecule has 202 valence electrons. The Kier molecular flexibility index (Phi) is 4.65. The Morgan fingerprint density at radius 3 is 2.74 bits per heavy atom. The first kappa shape index (κ1) is 23.9. The zero-order valence-corrected chi connectivity index (χ0v) is 23.1. The second-order valence-corrected chi connectivity index (χ2v) is 13.8. The first-order valence-corrected chi connectivity index (χ1v) is 14.8. The van der Waals surface area contributed by atoms with E-state index in [0.717, 1.165) is 38.5 Å². The summed E-state index contributed by atoms with van der Waals surface area (Å²) in [6.45, 7) is 6.09. The fourth-order valence-corrected chi connectivity index (χ4v) is 9.58. The van der Waals surface area contributed by atoms with Crippen LogP contribution in [0.5, 0.6) is 0 Å². The number of imide groups is 1. The van der Waals surface area contributed by atoms with Crippen LogP contribution in [0.25, 0.3) is 10.8 Å². The van der Waals surface area contributed by atoms with Crippen LogP contribution < -0.4 is 5.32 Å². The van der Waals surface area contributed by atoms with Crippen LogP contribution >= 0.6 is 0 Å². The van der Waals surface area contributed by atoms with E-state index in [1.165, 1.54) is 38.8 Å². The van der Waals surface area contributed by atoms with Crippen molar-refractivity contribution < 1.29 is 14.3 Å².